The third-order valence-electron chi connectivity index (χ3n) is 6.01. The van der Waals surface area contributed by atoms with E-state index in [4.69, 9.17) is 23.2 Å². The molecule has 10 nitrogen and oxygen atoms in total. The van der Waals surface area contributed by atoms with E-state index in [0.29, 0.717) is 17.1 Å². The summed E-state index contributed by atoms with van der Waals surface area (Å²) >= 11 is 12.2. The zero-order chi connectivity index (χ0) is 29.4. The van der Waals surface area contributed by atoms with Gasteiger partial charge in [-0.15, -0.1) is 0 Å². The minimum Gasteiger partial charge on any atom is -0.355 e. The number of non-ortho nitro benzene ring substituents is 1. The Hall–Kier alpha value is -3.67. The van der Waals surface area contributed by atoms with Gasteiger partial charge < -0.3 is 10.2 Å². The highest BCUT2D eigenvalue weighted by Gasteiger charge is 2.34. The molecule has 0 bridgehead atoms. The number of halogens is 2. The van der Waals surface area contributed by atoms with E-state index in [0.717, 1.165) is 10.4 Å². The molecule has 0 aromatic heterocycles. The number of nitro groups is 1. The highest BCUT2D eigenvalue weighted by Crippen LogP contribution is 2.28. The van der Waals surface area contributed by atoms with Crippen molar-refractivity contribution < 1.29 is 22.9 Å². The molecule has 0 saturated carbocycles. The van der Waals surface area contributed by atoms with Gasteiger partial charge in [0.1, 0.15) is 12.6 Å². The van der Waals surface area contributed by atoms with Crippen molar-refractivity contribution in [1.82, 2.24) is 10.2 Å². The van der Waals surface area contributed by atoms with Crippen LogP contribution in [0, 0.1) is 10.1 Å². The highest BCUT2D eigenvalue weighted by molar-refractivity contribution is 7.92. The molecule has 0 unspecified atom stereocenters. The zero-order valence-electron chi connectivity index (χ0n) is 21.8. The fourth-order valence-electron chi connectivity index (χ4n) is 4.06. The van der Waals surface area contributed by atoms with E-state index in [1.165, 1.54) is 47.4 Å². The van der Waals surface area contributed by atoms with E-state index in [9.17, 15) is 28.1 Å². The van der Waals surface area contributed by atoms with Crippen LogP contribution in [0.4, 0.5) is 11.4 Å². The summed E-state index contributed by atoms with van der Waals surface area (Å²) in [5.41, 5.74) is 0.143. The molecule has 0 saturated heterocycles. The number of sulfonamides is 1. The van der Waals surface area contributed by atoms with E-state index < -0.39 is 39.3 Å². The molecular formula is C27H28Cl2N4O6S. The van der Waals surface area contributed by atoms with Crippen molar-refractivity contribution in [2.24, 2.45) is 0 Å². The van der Waals surface area contributed by atoms with Gasteiger partial charge in [0.05, 0.1) is 25.6 Å². The molecule has 1 atom stereocenters. The lowest BCUT2D eigenvalue weighted by Gasteiger charge is -2.33. The summed E-state index contributed by atoms with van der Waals surface area (Å²) in [5, 5.41) is 14.7. The number of carbonyl (C=O) groups is 2. The number of benzene rings is 3. The van der Waals surface area contributed by atoms with Gasteiger partial charge in [-0.05, 0) is 49.2 Å². The summed E-state index contributed by atoms with van der Waals surface area (Å²) in [6.07, 6.45) is 0.237. The molecule has 3 aromatic carbocycles. The average molecular weight is 608 g/mol. The lowest BCUT2D eigenvalue weighted by molar-refractivity contribution is -0.384. The molecule has 40 heavy (non-hydrogen) atoms. The maximum Gasteiger partial charge on any atom is 0.271 e. The second-order valence-corrected chi connectivity index (χ2v) is 11.4. The van der Waals surface area contributed by atoms with Crippen LogP contribution in [0.5, 0.6) is 0 Å². The number of rotatable bonds is 12. The molecule has 1 N–H and O–H groups in total. The Balaban J connectivity index is 2.10. The summed E-state index contributed by atoms with van der Waals surface area (Å²) in [6, 6.07) is 16.3. The van der Waals surface area contributed by atoms with Crippen molar-refractivity contribution in [3.05, 3.63) is 98.5 Å². The van der Waals surface area contributed by atoms with Crippen LogP contribution < -0.4 is 9.62 Å². The molecular weight excluding hydrogens is 579 g/mol. The van der Waals surface area contributed by atoms with Gasteiger partial charge in [0, 0.05) is 25.2 Å². The van der Waals surface area contributed by atoms with Gasteiger partial charge in [-0.25, -0.2) is 8.42 Å². The Labute approximate surface area is 242 Å². The predicted octanol–water partition coefficient (Wildman–Crippen LogP) is 5.04. The van der Waals surface area contributed by atoms with Crippen LogP contribution in [0.1, 0.15) is 25.8 Å². The molecule has 3 rings (SSSR count). The number of nitrogens with one attached hydrogen (secondary N) is 1. The Morgan fingerprint density at radius 2 is 1.68 bits per heavy atom. The van der Waals surface area contributed by atoms with Crippen LogP contribution in [0.15, 0.2) is 77.7 Å². The largest absolute Gasteiger partial charge is 0.355 e. The van der Waals surface area contributed by atoms with Gasteiger partial charge in [-0.3, -0.25) is 24.0 Å². The first-order valence-corrected chi connectivity index (χ1v) is 14.5. The van der Waals surface area contributed by atoms with E-state index >= 15 is 0 Å². The van der Waals surface area contributed by atoms with Gasteiger partial charge >= 0.3 is 0 Å². The van der Waals surface area contributed by atoms with Crippen molar-refractivity contribution >= 4 is 56.4 Å². The van der Waals surface area contributed by atoms with Crippen molar-refractivity contribution in [2.45, 2.75) is 37.8 Å². The first kappa shape index (κ1) is 30.9. The van der Waals surface area contributed by atoms with Crippen LogP contribution in [0.2, 0.25) is 10.0 Å². The topological polar surface area (TPSA) is 130 Å². The normalized spacial score (nSPS) is 11.9. The van der Waals surface area contributed by atoms with Crippen LogP contribution in [-0.2, 0) is 26.2 Å². The molecule has 2 amide bonds. The summed E-state index contributed by atoms with van der Waals surface area (Å²) in [4.78, 5) is 38.9. The summed E-state index contributed by atoms with van der Waals surface area (Å²) < 4.78 is 28.3. The van der Waals surface area contributed by atoms with Crippen molar-refractivity contribution in [3.8, 4) is 0 Å². The second kappa shape index (κ2) is 13.6. The maximum absolute atomic E-state index is 13.9. The van der Waals surface area contributed by atoms with E-state index in [1.807, 2.05) is 0 Å². The van der Waals surface area contributed by atoms with Gasteiger partial charge in [0.15, 0.2) is 0 Å². The third kappa shape index (κ3) is 7.29. The Kier molecular flexibility index (Phi) is 10.5. The molecule has 0 heterocycles. The minimum atomic E-state index is -4.35. The Bertz CT molecular complexity index is 1490. The number of amides is 2. The number of nitro benzene ring substituents is 1. The molecule has 0 fully saturated rings. The second-order valence-electron chi connectivity index (χ2n) is 8.69. The minimum absolute atomic E-state index is 0.0699. The van der Waals surface area contributed by atoms with E-state index in [1.54, 1.807) is 38.1 Å². The average Bonchev–Trinajstić information content (AvgIpc) is 2.94. The number of anilines is 1. The predicted molar refractivity (Wildman–Crippen MR) is 154 cm³/mol. The van der Waals surface area contributed by atoms with E-state index in [2.05, 4.69) is 5.32 Å². The monoisotopic (exact) mass is 606 g/mol. The quantitative estimate of drug-likeness (QED) is 0.227. The van der Waals surface area contributed by atoms with Crippen molar-refractivity contribution in [2.75, 3.05) is 17.4 Å². The summed E-state index contributed by atoms with van der Waals surface area (Å²) in [7, 11) is -4.35. The molecule has 0 aliphatic carbocycles. The zero-order valence-corrected chi connectivity index (χ0v) is 24.1. The maximum atomic E-state index is 13.9. The number of nitrogens with zero attached hydrogens (tertiary/aromatic N) is 3. The van der Waals surface area contributed by atoms with Gasteiger partial charge in [-0.2, -0.15) is 0 Å². The lowest BCUT2D eigenvalue weighted by Crippen LogP contribution is -2.52. The van der Waals surface area contributed by atoms with Crippen LogP contribution in [-0.4, -0.2) is 49.2 Å². The first-order valence-electron chi connectivity index (χ1n) is 12.3. The standard InChI is InChI=1S/C27H28Cl2N4O6S/c1-3-25(27(35)30-4-2)31(17-19-13-14-23(28)24(29)15-19)26(34)18-32(20-9-8-10-21(16-20)33(36)37)40(38,39)22-11-6-5-7-12-22/h5-16,25H,3-4,17-18H2,1-2H3,(H,30,35)/t25-/m1/s1. The number of likely N-dealkylation sites (N-methyl/N-ethyl adjacent to an activating group) is 1. The van der Waals surface area contributed by atoms with Gasteiger partial charge in [-0.1, -0.05) is 60.5 Å². The number of hydrogen-bond acceptors (Lipinski definition) is 6. The van der Waals surface area contributed by atoms with Gasteiger partial charge in [0.2, 0.25) is 11.8 Å². The first-order chi connectivity index (χ1) is 19.0. The number of hydrogen-bond donors (Lipinski definition) is 1. The summed E-state index contributed by atoms with van der Waals surface area (Å²) in [5.74, 6) is -1.11. The fourth-order valence-corrected chi connectivity index (χ4v) is 5.80. The van der Waals surface area contributed by atoms with Crippen molar-refractivity contribution in [3.63, 3.8) is 0 Å². The third-order valence-corrected chi connectivity index (χ3v) is 8.54. The van der Waals surface area contributed by atoms with Crippen LogP contribution in [0.25, 0.3) is 0 Å². The summed E-state index contributed by atoms with van der Waals surface area (Å²) in [6.45, 7) is 3.00. The smallest absolute Gasteiger partial charge is 0.271 e. The lowest BCUT2D eigenvalue weighted by atomic mass is 10.1. The number of carbonyl (C=O) groups excluding carboxylic acids is 2. The molecule has 3 aromatic rings. The SMILES string of the molecule is CCNC(=O)[C@@H](CC)N(Cc1ccc(Cl)c(Cl)c1)C(=O)CN(c1cccc([N+](=O)[O-])c1)S(=O)(=O)c1ccccc1. The van der Waals surface area contributed by atoms with Crippen molar-refractivity contribution in [1.29, 1.82) is 0 Å². The molecule has 0 aliphatic heterocycles. The van der Waals surface area contributed by atoms with Crippen LogP contribution >= 0.6 is 23.2 Å². The molecule has 0 spiro atoms. The van der Waals surface area contributed by atoms with Crippen LogP contribution in [0.3, 0.4) is 0 Å². The van der Waals surface area contributed by atoms with E-state index in [-0.39, 0.29) is 34.3 Å². The Morgan fingerprint density at radius 1 is 0.975 bits per heavy atom. The molecule has 0 aliphatic rings. The Morgan fingerprint density at radius 3 is 2.27 bits per heavy atom. The molecule has 0 radical (unpaired) electrons. The van der Waals surface area contributed by atoms with Gasteiger partial charge in [0.25, 0.3) is 15.7 Å². The highest BCUT2D eigenvalue weighted by atomic mass is 35.5. The molecule has 13 heteroatoms. The molecule has 212 valence electrons. The fraction of sp³-hybridized carbons (Fsp3) is 0.259.